The first-order valence-corrected chi connectivity index (χ1v) is 6.85. The lowest BCUT2D eigenvalue weighted by Gasteiger charge is -2.24. The van der Waals surface area contributed by atoms with Gasteiger partial charge in [0.2, 0.25) is 0 Å². The van der Waals surface area contributed by atoms with Crippen molar-refractivity contribution in [2.75, 3.05) is 0 Å². The van der Waals surface area contributed by atoms with Crippen molar-refractivity contribution >= 4 is 15.9 Å². The monoisotopic (exact) mass is 310 g/mol. The summed E-state index contributed by atoms with van der Waals surface area (Å²) in [7, 11) is 0. The maximum atomic E-state index is 13.0. The van der Waals surface area contributed by atoms with Gasteiger partial charge in [-0.2, -0.15) is 18.3 Å². The van der Waals surface area contributed by atoms with E-state index in [4.69, 9.17) is 0 Å². The second-order valence-electron chi connectivity index (χ2n) is 4.39. The van der Waals surface area contributed by atoms with Crippen molar-refractivity contribution in [2.24, 2.45) is 0 Å². The van der Waals surface area contributed by atoms with Gasteiger partial charge in [-0.05, 0) is 12.8 Å². The predicted molar refractivity (Wildman–Crippen MR) is 62.0 cm³/mol. The van der Waals surface area contributed by atoms with E-state index < -0.39 is 11.9 Å². The first-order chi connectivity index (χ1) is 8.04. The van der Waals surface area contributed by atoms with E-state index in [1.807, 2.05) is 0 Å². The molecule has 1 aromatic rings. The van der Waals surface area contributed by atoms with Crippen LogP contribution in [0.25, 0.3) is 0 Å². The summed E-state index contributed by atoms with van der Waals surface area (Å²) in [4.78, 5) is 0. The summed E-state index contributed by atoms with van der Waals surface area (Å²) in [6, 6.07) is -0.0897. The van der Waals surface area contributed by atoms with Crippen LogP contribution in [0.4, 0.5) is 13.2 Å². The molecule has 1 heterocycles. The minimum atomic E-state index is -4.32. The highest BCUT2D eigenvalue weighted by Crippen LogP contribution is 2.37. The van der Waals surface area contributed by atoms with Gasteiger partial charge in [-0.1, -0.05) is 35.2 Å². The minimum absolute atomic E-state index is 0.0897. The zero-order valence-corrected chi connectivity index (χ0v) is 10.9. The number of alkyl halides is 4. The van der Waals surface area contributed by atoms with Gasteiger partial charge in [0, 0.05) is 10.9 Å². The molecular weight excluding hydrogens is 297 g/mol. The maximum absolute atomic E-state index is 13.0. The largest absolute Gasteiger partial charge is 0.433 e. The number of hydrogen-bond acceptors (Lipinski definition) is 1. The number of nitrogens with zero attached hydrogens (tertiary/aromatic N) is 2. The number of hydrogen-bond donors (Lipinski definition) is 0. The van der Waals surface area contributed by atoms with Gasteiger partial charge in [0.25, 0.3) is 0 Å². The van der Waals surface area contributed by atoms with Gasteiger partial charge in [-0.3, -0.25) is 4.68 Å². The molecule has 0 amide bonds. The summed E-state index contributed by atoms with van der Waals surface area (Å²) in [6.07, 6.45) is 1.70. The van der Waals surface area contributed by atoms with Gasteiger partial charge in [-0.25, -0.2) is 0 Å². The van der Waals surface area contributed by atoms with Crippen LogP contribution in [0.1, 0.15) is 49.4 Å². The van der Waals surface area contributed by atoms with Crippen LogP contribution < -0.4 is 0 Å². The molecule has 0 aliphatic heterocycles. The summed E-state index contributed by atoms with van der Waals surface area (Å²) < 4.78 is 40.2. The van der Waals surface area contributed by atoms with Crippen LogP contribution in [-0.4, -0.2) is 9.78 Å². The Kier molecular flexibility index (Phi) is 3.80. The van der Waals surface area contributed by atoms with Gasteiger partial charge in [0.1, 0.15) is 5.69 Å². The van der Waals surface area contributed by atoms with Crippen LogP contribution in [0.5, 0.6) is 0 Å². The third-order valence-electron chi connectivity index (χ3n) is 3.20. The van der Waals surface area contributed by atoms with E-state index >= 15 is 0 Å². The zero-order chi connectivity index (χ0) is 12.5. The molecule has 96 valence electrons. The Bertz CT molecular complexity index is 381. The third kappa shape index (κ3) is 2.67. The molecule has 0 radical (unpaired) electrons. The first-order valence-electron chi connectivity index (χ1n) is 5.73. The van der Waals surface area contributed by atoms with Crippen LogP contribution >= 0.6 is 15.9 Å². The second kappa shape index (κ2) is 5.00. The third-order valence-corrected chi connectivity index (χ3v) is 3.81. The summed E-state index contributed by atoms with van der Waals surface area (Å²) in [6.45, 7) is 0. The highest BCUT2D eigenvalue weighted by molar-refractivity contribution is 9.08. The molecule has 0 atom stereocenters. The van der Waals surface area contributed by atoms with Crippen molar-refractivity contribution in [2.45, 2.75) is 49.7 Å². The van der Waals surface area contributed by atoms with Crippen molar-refractivity contribution in [3.63, 3.8) is 0 Å². The Hall–Kier alpha value is -0.520. The molecule has 0 spiro atoms. The van der Waals surface area contributed by atoms with Gasteiger partial charge in [-0.15, -0.1) is 0 Å². The second-order valence-corrected chi connectivity index (χ2v) is 4.95. The number of aromatic nitrogens is 2. The molecule has 2 rings (SSSR count). The van der Waals surface area contributed by atoms with Crippen LogP contribution in [0.2, 0.25) is 0 Å². The molecule has 17 heavy (non-hydrogen) atoms. The van der Waals surface area contributed by atoms with Crippen LogP contribution in [0, 0.1) is 0 Å². The van der Waals surface area contributed by atoms with Crippen LogP contribution in [0.3, 0.4) is 0 Å². The molecule has 0 aromatic carbocycles. The van der Waals surface area contributed by atoms with Crippen molar-refractivity contribution in [1.29, 1.82) is 0 Å². The average Bonchev–Trinajstić information content (AvgIpc) is 2.73. The van der Waals surface area contributed by atoms with Gasteiger partial charge in [0.05, 0.1) is 12.2 Å². The quantitative estimate of drug-likeness (QED) is 0.745. The Balaban J connectivity index is 2.36. The Morgan fingerprint density at radius 3 is 2.47 bits per heavy atom. The Morgan fingerprint density at radius 2 is 1.94 bits per heavy atom. The highest BCUT2D eigenvalue weighted by Gasteiger charge is 2.39. The van der Waals surface area contributed by atoms with E-state index in [0.717, 1.165) is 32.1 Å². The fraction of sp³-hybridized carbons (Fsp3) is 0.727. The molecular formula is C11H14BrF3N2. The first kappa shape index (κ1) is 12.9. The molecule has 0 bridgehead atoms. The Morgan fingerprint density at radius 1 is 1.29 bits per heavy atom. The molecule has 1 fully saturated rings. The molecule has 0 N–H and O–H groups in total. The van der Waals surface area contributed by atoms with Crippen molar-refractivity contribution in [3.8, 4) is 0 Å². The summed E-state index contributed by atoms with van der Waals surface area (Å²) in [5, 5.41) is 4.13. The van der Waals surface area contributed by atoms with E-state index in [-0.39, 0.29) is 16.9 Å². The highest BCUT2D eigenvalue weighted by atomic mass is 79.9. The van der Waals surface area contributed by atoms with Gasteiger partial charge >= 0.3 is 6.18 Å². The van der Waals surface area contributed by atoms with Crippen molar-refractivity contribution < 1.29 is 13.2 Å². The van der Waals surface area contributed by atoms with E-state index in [9.17, 15) is 13.2 Å². The molecule has 6 heteroatoms. The molecule has 1 aromatic heterocycles. The molecule has 2 nitrogen and oxygen atoms in total. The summed E-state index contributed by atoms with van der Waals surface area (Å²) in [5.41, 5.74) is -0.357. The summed E-state index contributed by atoms with van der Waals surface area (Å²) >= 11 is 3.08. The predicted octanol–water partition coefficient (Wildman–Crippen LogP) is 4.30. The fourth-order valence-electron chi connectivity index (χ4n) is 2.41. The van der Waals surface area contributed by atoms with Gasteiger partial charge < -0.3 is 0 Å². The van der Waals surface area contributed by atoms with E-state index in [2.05, 4.69) is 21.0 Å². The fourth-order valence-corrected chi connectivity index (χ4v) is 2.82. The maximum Gasteiger partial charge on any atom is 0.433 e. The van der Waals surface area contributed by atoms with Crippen molar-refractivity contribution in [3.05, 3.63) is 17.5 Å². The topological polar surface area (TPSA) is 17.8 Å². The normalized spacial score (nSPS) is 18.6. The molecule has 1 aliphatic carbocycles. The molecule has 0 unspecified atom stereocenters. The average molecular weight is 311 g/mol. The lowest BCUT2D eigenvalue weighted by atomic mass is 9.95. The summed E-state index contributed by atoms with van der Waals surface area (Å²) in [5.74, 6) is 0. The molecule has 0 saturated heterocycles. The standard InChI is InChI=1S/C11H14BrF3N2/c12-6-8-7-16-17(10(8)11(13,14)15)9-4-2-1-3-5-9/h7,9H,1-6H2. The van der Waals surface area contributed by atoms with E-state index in [0.29, 0.717) is 0 Å². The molecule has 1 saturated carbocycles. The minimum Gasteiger partial charge on any atom is -0.257 e. The van der Waals surface area contributed by atoms with E-state index in [1.54, 1.807) is 0 Å². The lowest BCUT2D eigenvalue weighted by Crippen LogP contribution is -2.22. The number of rotatable bonds is 2. The SMILES string of the molecule is FC(F)(F)c1c(CBr)cnn1C1CCCCC1. The smallest absolute Gasteiger partial charge is 0.257 e. The van der Waals surface area contributed by atoms with Crippen LogP contribution in [0.15, 0.2) is 6.20 Å². The van der Waals surface area contributed by atoms with E-state index in [1.165, 1.54) is 10.9 Å². The van der Waals surface area contributed by atoms with Crippen molar-refractivity contribution in [1.82, 2.24) is 9.78 Å². The lowest BCUT2D eigenvalue weighted by molar-refractivity contribution is -0.145. The number of halogens is 4. The molecule has 1 aliphatic rings. The van der Waals surface area contributed by atoms with Gasteiger partial charge in [0.15, 0.2) is 0 Å². The zero-order valence-electron chi connectivity index (χ0n) is 9.30. The Labute approximate surface area is 106 Å². The van der Waals surface area contributed by atoms with Crippen LogP contribution in [-0.2, 0) is 11.5 Å².